The predicted molar refractivity (Wildman–Crippen MR) is 306 cm³/mol. The summed E-state index contributed by atoms with van der Waals surface area (Å²) in [6.45, 7) is 0. The van der Waals surface area contributed by atoms with Gasteiger partial charge in [0, 0.05) is 27.7 Å². The highest BCUT2D eigenvalue weighted by Crippen LogP contribution is 2.66. The van der Waals surface area contributed by atoms with Gasteiger partial charge < -0.3 is 9.47 Å². The van der Waals surface area contributed by atoms with Crippen molar-refractivity contribution in [3.8, 4) is 50.2 Å². The number of rotatable bonds is 4. The van der Waals surface area contributed by atoms with Gasteiger partial charge in [-0.05, 0) is 137 Å². The average molecular weight is 937 g/mol. The molecule has 3 aliphatic carbocycles. The Morgan fingerprint density at radius 1 is 0.297 bits per heavy atom. The zero-order valence-electron chi connectivity index (χ0n) is 40.3. The maximum absolute atomic E-state index is 2.57. The number of hydrogen-bond acceptors (Lipinski definition) is 1. The van der Waals surface area contributed by atoms with E-state index in [9.17, 15) is 0 Å². The van der Waals surface area contributed by atoms with Gasteiger partial charge in [0.1, 0.15) is 0 Å². The number of aromatic nitrogens is 1. The molecule has 0 amide bonds. The fraction of sp³-hybridized carbons (Fsp3) is 0.0278. The van der Waals surface area contributed by atoms with Crippen LogP contribution in [0.4, 0.5) is 17.1 Å². The van der Waals surface area contributed by atoms with Crippen molar-refractivity contribution in [3.05, 3.63) is 311 Å². The summed E-state index contributed by atoms with van der Waals surface area (Å²) in [7, 11) is 0. The Bertz CT molecular complexity index is 4510. The first kappa shape index (κ1) is 40.1. The molecule has 1 unspecified atom stereocenters. The summed E-state index contributed by atoms with van der Waals surface area (Å²) in [4.78, 5) is 2.57. The van der Waals surface area contributed by atoms with Crippen LogP contribution in [0.25, 0.3) is 82.8 Å². The molecule has 13 aromatic rings. The molecule has 17 rings (SSSR count). The third-order valence-electron chi connectivity index (χ3n) is 17.4. The molecule has 2 heterocycles. The van der Waals surface area contributed by atoms with E-state index in [0.29, 0.717) is 0 Å². The lowest BCUT2D eigenvalue weighted by atomic mass is 9.65. The van der Waals surface area contributed by atoms with Crippen LogP contribution in [0.15, 0.2) is 267 Å². The molecule has 0 saturated heterocycles. The first-order valence-corrected chi connectivity index (χ1v) is 25.9. The molecule has 2 heteroatoms. The number of nitrogens with zero attached hydrogens (tertiary/aromatic N) is 2. The van der Waals surface area contributed by atoms with E-state index in [2.05, 4.69) is 276 Å². The summed E-state index contributed by atoms with van der Waals surface area (Å²) in [5, 5.41) is 5.10. The van der Waals surface area contributed by atoms with Gasteiger partial charge in [-0.2, -0.15) is 0 Å². The van der Waals surface area contributed by atoms with Gasteiger partial charge in [-0.15, -0.1) is 0 Å². The molecule has 2 nitrogen and oxygen atoms in total. The van der Waals surface area contributed by atoms with Crippen molar-refractivity contribution in [3.63, 3.8) is 0 Å². The zero-order chi connectivity index (χ0) is 48.3. The normalized spacial score (nSPS) is 15.5. The van der Waals surface area contributed by atoms with Crippen LogP contribution in [0.2, 0.25) is 0 Å². The van der Waals surface area contributed by atoms with Crippen molar-refractivity contribution in [1.29, 1.82) is 0 Å². The van der Waals surface area contributed by atoms with Crippen LogP contribution in [0.1, 0.15) is 44.5 Å². The van der Waals surface area contributed by atoms with E-state index in [1.807, 2.05) is 0 Å². The number of anilines is 3. The molecule has 2 spiro atoms. The Morgan fingerprint density at radius 3 is 1.64 bits per heavy atom. The highest BCUT2D eigenvalue weighted by Gasteiger charge is 2.54. The van der Waals surface area contributed by atoms with Gasteiger partial charge in [-0.25, -0.2) is 0 Å². The molecule has 0 N–H and O–H groups in total. The Morgan fingerprint density at radius 2 is 0.838 bits per heavy atom. The van der Waals surface area contributed by atoms with E-state index in [-0.39, 0.29) is 0 Å². The minimum absolute atomic E-state index is 0.529. The van der Waals surface area contributed by atoms with Crippen LogP contribution in [0, 0.1) is 0 Å². The molecule has 1 aliphatic heterocycles. The average Bonchev–Trinajstić information content (AvgIpc) is 4.20. The van der Waals surface area contributed by atoms with Crippen molar-refractivity contribution in [1.82, 2.24) is 4.57 Å². The molecule has 1 aromatic heterocycles. The van der Waals surface area contributed by atoms with Crippen molar-refractivity contribution in [2.24, 2.45) is 0 Å². The third-order valence-corrected chi connectivity index (χ3v) is 17.4. The fourth-order valence-corrected chi connectivity index (χ4v) is 14.7. The molecule has 0 saturated carbocycles. The minimum atomic E-state index is -0.590. The van der Waals surface area contributed by atoms with Crippen LogP contribution in [0.5, 0.6) is 0 Å². The van der Waals surface area contributed by atoms with Gasteiger partial charge in [0.25, 0.3) is 0 Å². The summed E-state index contributed by atoms with van der Waals surface area (Å²) in [5.41, 5.74) is 26.7. The quantitative estimate of drug-likeness (QED) is 0.171. The third kappa shape index (κ3) is 4.86. The second-order valence-electron chi connectivity index (χ2n) is 20.6. The second kappa shape index (κ2) is 14.6. The van der Waals surface area contributed by atoms with Crippen molar-refractivity contribution >= 4 is 49.6 Å². The molecular weight excluding hydrogens is 893 g/mol. The Balaban J connectivity index is 0.973. The first-order valence-electron chi connectivity index (χ1n) is 25.9. The summed E-state index contributed by atoms with van der Waals surface area (Å²) in [5.74, 6) is 0. The van der Waals surface area contributed by atoms with Crippen LogP contribution in [-0.2, 0) is 10.8 Å². The monoisotopic (exact) mass is 936 g/mol. The molecule has 1 atom stereocenters. The van der Waals surface area contributed by atoms with E-state index >= 15 is 0 Å². The summed E-state index contributed by atoms with van der Waals surface area (Å²) in [6.07, 6.45) is 0. The summed E-state index contributed by atoms with van der Waals surface area (Å²) in [6, 6.07) is 101. The summed E-state index contributed by atoms with van der Waals surface area (Å²) >= 11 is 0. The van der Waals surface area contributed by atoms with E-state index in [1.165, 1.54) is 127 Å². The summed E-state index contributed by atoms with van der Waals surface area (Å²) < 4.78 is 2.53. The van der Waals surface area contributed by atoms with Gasteiger partial charge in [0.05, 0.1) is 33.2 Å². The van der Waals surface area contributed by atoms with Gasteiger partial charge in [-0.1, -0.05) is 224 Å². The van der Waals surface area contributed by atoms with Gasteiger partial charge in [0.2, 0.25) is 0 Å². The molecule has 12 aromatic carbocycles. The van der Waals surface area contributed by atoms with Crippen LogP contribution < -0.4 is 4.90 Å². The molecule has 4 aliphatic rings. The maximum atomic E-state index is 2.57. The topological polar surface area (TPSA) is 8.17 Å². The lowest BCUT2D eigenvalue weighted by molar-refractivity contribution is 0.748. The highest BCUT2D eigenvalue weighted by molar-refractivity contribution is 6.14. The van der Waals surface area contributed by atoms with Crippen LogP contribution in [0.3, 0.4) is 0 Å². The Kier molecular flexibility index (Phi) is 7.90. The molecule has 0 bridgehead atoms. The van der Waals surface area contributed by atoms with E-state index in [0.717, 1.165) is 17.1 Å². The van der Waals surface area contributed by atoms with Gasteiger partial charge in [0.15, 0.2) is 0 Å². The standard InChI is InChI=1S/C72H44N2/c1-2-18-45(19-3-1)46-36-39-48(40-37-46)73(49-41-42-56-64(44-49)71(62-43-38-47-20-4-5-21-50(47)68(56)62)57-27-10-6-22-51(57)52-23-7-11-28-58(52)71)67-35-17-31-61-69(67)55-25-8-12-29-59(55)72(61)60-30-13-15-34-66(60)74-65-33-14-9-24-53(65)54-26-16-32-63(72)70(54)74/h1-44H. The molecular formula is C72H44N2. The largest absolute Gasteiger partial charge is 0.310 e. The number of hydrogen-bond donors (Lipinski definition) is 0. The maximum Gasteiger partial charge on any atom is 0.0755 e. The van der Waals surface area contributed by atoms with Crippen LogP contribution in [-0.4, -0.2) is 4.57 Å². The minimum Gasteiger partial charge on any atom is -0.310 e. The molecule has 74 heavy (non-hydrogen) atoms. The number of para-hydroxylation sites is 3. The Hall–Kier alpha value is -9.50. The lowest BCUT2D eigenvalue weighted by Crippen LogP contribution is -2.33. The number of fused-ring (bicyclic) bond motifs is 24. The highest BCUT2D eigenvalue weighted by atomic mass is 15.1. The van der Waals surface area contributed by atoms with Crippen molar-refractivity contribution < 1.29 is 0 Å². The SMILES string of the molecule is c1ccc(-c2ccc(N(c3ccc4c(c3)C3(c5ccccc5-c5ccccc53)c3ccc5ccccc5c3-4)c3cccc4c3-c3ccccc3C43c4ccccc4-n4c5ccccc5c5cccc3c54)cc2)cc1. The fourth-order valence-electron chi connectivity index (χ4n) is 14.7. The second-order valence-corrected chi connectivity index (χ2v) is 20.6. The Labute approximate surface area is 429 Å². The first-order chi connectivity index (χ1) is 36.7. The van der Waals surface area contributed by atoms with Crippen molar-refractivity contribution in [2.45, 2.75) is 10.8 Å². The molecule has 0 fully saturated rings. The lowest BCUT2D eigenvalue weighted by Gasteiger charge is -2.39. The van der Waals surface area contributed by atoms with Gasteiger partial charge >= 0.3 is 0 Å². The van der Waals surface area contributed by atoms with Crippen LogP contribution >= 0.6 is 0 Å². The van der Waals surface area contributed by atoms with E-state index in [4.69, 9.17) is 0 Å². The molecule has 0 radical (unpaired) electrons. The zero-order valence-corrected chi connectivity index (χ0v) is 40.3. The predicted octanol–water partition coefficient (Wildman–Crippen LogP) is 18.1. The smallest absolute Gasteiger partial charge is 0.0755 e. The van der Waals surface area contributed by atoms with Gasteiger partial charge in [-0.3, -0.25) is 0 Å². The van der Waals surface area contributed by atoms with Crippen molar-refractivity contribution in [2.75, 3.05) is 4.90 Å². The van der Waals surface area contributed by atoms with E-state index < -0.39 is 10.8 Å². The number of benzene rings is 12. The molecule has 342 valence electrons. The van der Waals surface area contributed by atoms with E-state index in [1.54, 1.807) is 0 Å².